The predicted molar refractivity (Wildman–Crippen MR) is 101 cm³/mol. The fraction of sp³-hybridized carbons (Fsp3) is 0.333. The normalized spacial score (nSPS) is 17.3. The van der Waals surface area contributed by atoms with E-state index >= 15 is 0 Å². The largest absolute Gasteiger partial charge is 0.513 e. The second kappa shape index (κ2) is 8.21. The minimum atomic E-state index is -0.794. The Morgan fingerprint density at radius 3 is 2.50 bits per heavy atom. The summed E-state index contributed by atoms with van der Waals surface area (Å²) in [5.41, 5.74) is 2.27. The van der Waals surface area contributed by atoms with Crippen LogP contribution in [0.3, 0.4) is 0 Å². The van der Waals surface area contributed by atoms with Crippen molar-refractivity contribution in [3.8, 4) is 23.0 Å². The lowest BCUT2D eigenvalue weighted by molar-refractivity contribution is 0.103. The summed E-state index contributed by atoms with van der Waals surface area (Å²) in [6, 6.07) is 8.66. The van der Waals surface area contributed by atoms with E-state index in [4.69, 9.17) is 23.7 Å². The van der Waals surface area contributed by atoms with Gasteiger partial charge in [0.15, 0.2) is 23.0 Å². The molecule has 0 bridgehead atoms. The number of hydrogen-bond acceptors (Lipinski definition) is 7. The molecule has 0 spiro atoms. The maximum atomic E-state index is 11.6. The van der Waals surface area contributed by atoms with Crippen LogP contribution in [0.2, 0.25) is 0 Å². The quantitative estimate of drug-likeness (QED) is 0.416. The summed E-state index contributed by atoms with van der Waals surface area (Å²) in [5.74, 6) is 1.76. The Hall–Kier alpha value is -3.22. The predicted octanol–water partition coefficient (Wildman–Crippen LogP) is 4.29. The van der Waals surface area contributed by atoms with E-state index in [1.807, 2.05) is 13.0 Å². The molecule has 0 saturated heterocycles. The van der Waals surface area contributed by atoms with Crippen molar-refractivity contribution < 1.29 is 33.3 Å². The smallest absolute Gasteiger partial charge is 0.493 e. The van der Waals surface area contributed by atoms with Gasteiger partial charge in [0.2, 0.25) is 0 Å². The summed E-state index contributed by atoms with van der Waals surface area (Å²) in [6.45, 7) is 3.93. The van der Waals surface area contributed by atoms with Crippen LogP contribution in [0.5, 0.6) is 23.0 Å². The first-order valence-electron chi connectivity index (χ1n) is 8.88. The number of carbonyl (C=O) groups excluding carboxylic acids is 2. The second-order valence-corrected chi connectivity index (χ2v) is 6.28. The first-order chi connectivity index (χ1) is 13.5. The first kappa shape index (κ1) is 19.5. The standard InChI is InChI=1S/C21H22O7/c1-5-26-21(23)27-16-7-6-14(10-17(16)24-3)19-12(2)15-8-13(11-22)9-18(25-4)20(15)28-19/h6-12,19H,5H2,1-4H3/t12-,19-/m0/s1. The van der Waals surface area contributed by atoms with Gasteiger partial charge in [0.05, 0.1) is 20.8 Å². The molecule has 2 aromatic carbocycles. The average Bonchev–Trinajstić information content (AvgIpc) is 3.04. The number of carbonyl (C=O) groups is 2. The van der Waals surface area contributed by atoms with Gasteiger partial charge in [0.1, 0.15) is 12.4 Å². The maximum absolute atomic E-state index is 11.6. The van der Waals surface area contributed by atoms with Crippen LogP contribution in [0.1, 0.15) is 47.4 Å². The van der Waals surface area contributed by atoms with Gasteiger partial charge in [0.25, 0.3) is 0 Å². The summed E-state index contributed by atoms with van der Waals surface area (Å²) in [6.07, 6.45) is -0.318. The Bertz CT molecular complexity index is 891. The zero-order chi connectivity index (χ0) is 20.3. The highest BCUT2D eigenvalue weighted by atomic mass is 16.7. The van der Waals surface area contributed by atoms with E-state index in [2.05, 4.69) is 0 Å². The van der Waals surface area contributed by atoms with Gasteiger partial charge < -0.3 is 23.7 Å². The summed E-state index contributed by atoms with van der Waals surface area (Å²) in [5, 5.41) is 0. The van der Waals surface area contributed by atoms with E-state index < -0.39 is 6.16 Å². The van der Waals surface area contributed by atoms with E-state index in [0.717, 1.165) is 17.4 Å². The SMILES string of the molecule is CCOC(=O)Oc1ccc([C@H]2Oc3c(OC)cc(C=O)cc3[C@@H]2C)cc1OC. The molecule has 0 unspecified atom stereocenters. The van der Waals surface area contributed by atoms with Gasteiger partial charge in [-0.15, -0.1) is 0 Å². The van der Waals surface area contributed by atoms with Gasteiger partial charge in [-0.2, -0.15) is 0 Å². The molecule has 1 aliphatic heterocycles. The van der Waals surface area contributed by atoms with Gasteiger partial charge in [0, 0.05) is 17.0 Å². The Kier molecular flexibility index (Phi) is 5.73. The van der Waals surface area contributed by atoms with E-state index in [1.165, 1.54) is 14.2 Å². The molecule has 0 fully saturated rings. The molecular weight excluding hydrogens is 364 g/mol. The highest BCUT2D eigenvalue weighted by molar-refractivity contribution is 5.78. The van der Waals surface area contributed by atoms with E-state index in [1.54, 1.807) is 31.2 Å². The van der Waals surface area contributed by atoms with Gasteiger partial charge >= 0.3 is 6.16 Å². The summed E-state index contributed by atoms with van der Waals surface area (Å²) in [7, 11) is 3.03. The number of aldehydes is 1. The molecule has 2 atom stereocenters. The molecule has 0 aliphatic carbocycles. The van der Waals surface area contributed by atoms with Crippen molar-refractivity contribution in [2.45, 2.75) is 25.9 Å². The minimum Gasteiger partial charge on any atom is -0.493 e. The Labute approximate surface area is 163 Å². The molecule has 1 heterocycles. The van der Waals surface area contributed by atoms with Crippen LogP contribution in [0.25, 0.3) is 0 Å². The summed E-state index contributed by atoms with van der Waals surface area (Å²) >= 11 is 0. The molecule has 0 saturated carbocycles. The topological polar surface area (TPSA) is 80.3 Å². The van der Waals surface area contributed by atoms with Crippen molar-refractivity contribution in [3.63, 3.8) is 0 Å². The van der Waals surface area contributed by atoms with Crippen LogP contribution in [0, 0.1) is 0 Å². The molecule has 0 N–H and O–H groups in total. The Morgan fingerprint density at radius 1 is 1.11 bits per heavy atom. The molecule has 7 nitrogen and oxygen atoms in total. The van der Waals surface area contributed by atoms with Crippen LogP contribution in [-0.2, 0) is 4.74 Å². The molecule has 0 radical (unpaired) electrons. The van der Waals surface area contributed by atoms with Crippen LogP contribution in [0.15, 0.2) is 30.3 Å². The van der Waals surface area contributed by atoms with Crippen molar-refractivity contribution in [2.75, 3.05) is 20.8 Å². The lowest BCUT2D eigenvalue weighted by Crippen LogP contribution is -2.12. The molecule has 1 aliphatic rings. The zero-order valence-electron chi connectivity index (χ0n) is 16.2. The van der Waals surface area contributed by atoms with Crippen molar-refractivity contribution in [2.24, 2.45) is 0 Å². The summed E-state index contributed by atoms with van der Waals surface area (Å²) < 4.78 is 26.9. The second-order valence-electron chi connectivity index (χ2n) is 6.28. The van der Waals surface area contributed by atoms with Crippen molar-refractivity contribution in [1.82, 2.24) is 0 Å². The van der Waals surface area contributed by atoms with Crippen molar-refractivity contribution in [3.05, 3.63) is 47.0 Å². The molecule has 0 amide bonds. The third kappa shape index (κ3) is 3.60. The van der Waals surface area contributed by atoms with Crippen LogP contribution < -0.4 is 18.9 Å². The van der Waals surface area contributed by atoms with E-state index in [0.29, 0.717) is 22.8 Å². The molecule has 148 valence electrons. The molecule has 7 heteroatoms. The van der Waals surface area contributed by atoms with Crippen molar-refractivity contribution >= 4 is 12.4 Å². The van der Waals surface area contributed by atoms with Crippen molar-refractivity contribution in [1.29, 1.82) is 0 Å². The fourth-order valence-corrected chi connectivity index (χ4v) is 3.26. The van der Waals surface area contributed by atoms with Crippen LogP contribution in [0.4, 0.5) is 4.79 Å². The lowest BCUT2D eigenvalue weighted by Gasteiger charge is -2.18. The minimum absolute atomic E-state index is 0.0228. The summed E-state index contributed by atoms with van der Waals surface area (Å²) in [4.78, 5) is 22.8. The van der Waals surface area contributed by atoms with Gasteiger partial charge in [-0.25, -0.2) is 4.79 Å². The maximum Gasteiger partial charge on any atom is 0.513 e. The number of benzene rings is 2. The molecule has 0 aromatic heterocycles. The van der Waals surface area contributed by atoms with Gasteiger partial charge in [-0.05, 0) is 36.8 Å². The molecule has 2 aromatic rings. The monoisotopic (exact) mass is 386 g/mol. The van der Waals surface area contributed by atoms with E-state index in [9.17, 15) is 9.59 Å². The van der Waals surface area contributed by atoms with Gasteiger partial charge in [-0.1, -0.05) is 13.0 Å². The average molecular weight is 386 g/mol. The molecule has 28 heavy (non-hydrogen) atoms. The van der Waals surface area contributed by atoms with Gasteiger partial charge in [-0.3, -0.25) is 4.79 Å². The van der Waals surface area contributed by atoms with E-state index in [-0.39, 0.29) is 24.4 Å². The Balaban J connectivity index is 1.92. The third-order valence-corrected chi connectivity index (χ3v) is 4.62. The number of methoxy groups -OCH3 is 2. The number of hydrogen-bond donors (Lipinski definition) is 0. The highest BCUT2D eigenvalue weighted by Crippen LogP contribution is 2.51. The highest BCUT2D eigenvalue weighted by Gasteiger charge is 2.35. The zero-order valence-corrected chi connectivity index (χ0v) is 16.2. The fourth-order valence-electron chi connectivity index (χ4n) is 3.26. The number of fused-ring (bicyclic) bond motifs is 1. The number of rotatable bonds is 6. The lowest BCUT2D eigenvalue weighted by atomic mass is 9.91. The Morgan fingerprint density at radius 2 is 1.86 bits per heavy atom. The molecule has 3 rings (SSSR count). The molecular formula is C21H22O7. The number of ether oxygens (including phenoxy) is 5. The van der Waals surface area contributed by atoms with Crippen LogP contribution >= 0.6 is 0 Å². The van der Waals surface area contributed by atoms with Crippen LogP contribution in [-0.4, -0.2) is 33.3 Å². The first-order valence-corrected chi connectivity index (χ1v) is 8.88. The third-order valence-electron chi connectivity index (χ3n) is 4.62.